The number of carbonyl (C=O) groups excluding carboxylic acids is 1. The molecule has 2 saturated carbocycles. The molecule has 8 heteroatoms. The number of nitrogens with zero attached hydrogens (tertiary/aromatic N) is 4. The van der Waals surface area contributed by atoms with Gasteiger partial charge in [-0.1, -0.05) is 33.6 Å². The fourth-order valence-electron chi connectivity index (χ4n) is 8.48. The second-order valence-electron chi connectivity index (χ2n) is 13.7. The first-order valence-electron chi connectivity index (χ1n) is 15.7. The summed E-state index contributed by atoms with van der Waals surface area (Å²) >= 11 is 0. The summed E-state index contributed by atoms with van der Waals surface area (Å²) in [7, 11) is 1.55. The molecule has 1 aromatic carbocycles. The summed E-state index contributed by atoms with van der Waals surface area (Å²) in [6.07, 6.45) is 4.58. The van der Waals surface area contributed by atoms with Gasteiger partial charge in [0.1, 0.15) is 29.4 Å². The molecule has 0 unspecified atom stereocenters. The van der Waals surface area contributed by atoms with Crippen molar-refractivity contribution < 1.29 is 14.3 Å². The van der Waals surface area contributed by atoms with E-state index in [-0.39, 0.29) is 28.9 Å². The highest BCUT2D eigenvalue weighted by Gasteiger charge is 2.67. The van der Waals surface area contributed by atoms with Gasteiger partial charge in [0, 0.05) is 61.1 Å². The van der Waals surface area contributed by atoms with Crippen LogP contribution in [0.25, 0.3) is 0 Å². The summed E-state index contributed by atoms with van der Waals surface area (Å²) in [5.41, 5.74) is 2.08. The molecule has 4 aliphatic rings. The highest BCUT2D eigenvalue weighted by Crippen LogP contribution is 2.59. The lowest BCUT2D eigenvalue weighted by molar-refractivity contribution is -0.199. The highest BCUT2D eigenvalue weighted by molar-refractivity contribution is 5.98. The molecule has 43 heavy (non-hydrogen) atoms. The molecule has 2 aliphatic carbocycles. The predicted octanol–water partition coefficient (Wildman–Crippen LogP) is 4.62. The number of nitriles is 1. The molecule has 1 amide bonds. The van der Waals surface area contributed by atoms with E-state index in [0.29, 0.717) is 41.1 Å². The van der Waals surface area contributed by atoms with Crippen molar-refractivity contribution in [2.24, 2.45) is 16.7 Å². The van der Waals surface area contributed by atoms with E-state index in [4.69, 9.17) is 14.5 Å². The third-order valence-corrected chi connectivity index (χ3v) is 10.2. The summed E-state index contributed by atoms with van der Waals surface area (Å²) in [6.45, 7) is 13.6. The van der Waals surface area contributed by atoms with Gasteiger partial charge in [-0.2, -0.15) is 5.26 Å². The van der Waals surface area contributed by atoms with Crippen molar-refractivity contribution in [3.8, 4) is 29.4 Å². The number of benzene rings is 1. The van der Waals surface area contributed by atoms with Crippen LogP contribution in [0.4, 0.5) is 0 Å². The van der Waals surface area contributed by atoms with Crippen LogP contribution in [-0.4, -0.2) is 72.2 Å². The van der Waals surface area contributed by atoms with Crippen LogP contribution in [0, 0.1) is 39.9 Å². The number of hydrogen-bond donors (Lipinski definition) is 1. The van der Waals surface area contributed by atoms with E-state index in [2.05, 4.69) is 55.8 Å². The molecule has 3 fully saturated rings. The van der Waals surface area contributed by atoms with Gasteiger partial charge < -0.3 is 19.7 Å². The average molecular weight is 582 g/mol. The Morgan fingerprint density at radius 1 is 1.02 bits per heavy atom. The number of piperazine rings is 1. The second kappa shape index (κ2) is 11.5. The predicted molar refractivity (Wildman–Crippen MR) is 165 cm³/mol. The van der Waals surface area contributed by atoms with E-state index in [9.17, 15) is 10.1 Å². The van der Waals surface area contributed by atoms with Gasteiger partial charge in [0.15, 0.2) is 0 Å². The second-order valence-corrected chi connectivity index (χ2v) is 13.7. The Labute approximate surface area is 255 Å². The number of nitrogens with one attached hydrogen (secondary N) is 1. The topological polar surface area (TPSA) is 90.7 Å². The average Bonchev–Trinajstić information content (AvgIpc) is 3.32. The fourth-order valence-corrected chi connectivity index (χ4v) is 8.48. The molecule has 226 valence electrons. The molecule has 1 saturated heterocycles. The van der Waals surface area contributed by atoms with E-state index in [1.807, 2.05) is 23.1 Å². The van der Waals surface area contributed by atoms with E-state index >= 15 is 0 Å². The minimum absolute atomic E-state index is 0.0258. The zero-order chi connectivity index (χ0) is 30.4. The molecule has 2 aromatic rings. The van der Waals surface area contributed by atoms with Crippen LogP contribution in [0.2, 0.25) is 0 Å². The van der Waals surface area contributed by atoms with Crippen LogP contribution >= 0.6 is 0 Å². The van der Waals surface area contributed by atoms with Gasteiger partial charge in [-0.05, 0) is 55.9 Å². The minimum atomic E-state index is -0.311. The molecular formula is C35H43N5O3. The largest absolute Gasteiger partial charge is 0.495 e. The van der Waals surface area contributed by atoms with Crippen molar-refractivity contribution >= 4 is 5.91 Å². The van der Waals surface area contributed by atoms with Crippen molar-refractivity contribution in [1.82, 2.24) is 20.1 Å². The Bertz CT molecular complexity index is 1470. The number of hydrogen-bond acceptors (Lipinski definition) is 7. The zero-order valence-corrected chi connectivity index (χ0v) is 26.1. The number of fused-ring (bicyclic) bond motifs is 1. The lowest BCUT2D eigenvalue weighted by Crippen LogP contribution is -2.74. The Morgan fingerprint density at radius 3 is 2.42 bits per heavy atom. The van der Waals surface area contributed by atoms with Gasteiger partial charge in [-0.3, -0.25) is 9.69 Å². The molecule has 0 atom stereocenters. The van der Waals surface area contributed by atoms with Crippen LogP contribution in [-0.2, 0) is 6.54 Å². The van der Waals surface area contributed by atoms with Crippen molar-refractivity contribution in [3.05, 3.63) is 52.8 Å². The van der Waals surface area contributed by atoms with Crippen LogP contribution in [0.3, 0.4) is 0 Å². The van der Waals surface area contributed by atoms with Gasteiger partial charge in [-0.25, -0.2) is 4.98 Å². The fraction of sp³-hybridized carbons (Fsp3) is 0.571. The summed E-state index contributed by atoms with van der Waals surface area (Å²) in [5.74, 6) is 8.43. The lowest BCUT2D eigenvalue weighted by atomic mass is 9.49. The smallest absolute Gasteiger partial charge is 0.256 e. The highest BCUT2D eigenvalue weighted by atomic mass is 16.5. The first kappa shape index (κ1) is 29.5. The summed E-state index contributed by atoms with van der Waals surface area (Å²) in [5, 5.41) is 12.8. The van der Waals surface area contributed by atoms with Crippen molar-refractivity contribution in [2.45, 2.75) is 78.1 Å². The molecule has 0 bridgehead atoms. The van der Waals surface area contributed by atoms with E-state index in [1.54, 1.807) is 19.2 Å². The number of pyridine rings is 1. The Hall–Kier alpha value is -3.59. The van der Waals surface area contributed by atoms with Gasteiger partial charge in [0.05, 0.1) is 30.5 Å². The lowest BCUT2D eigenvalue weighted by Gasteiger charge is -2.65. The summed E-state index contributed by atoms with van der Waals surface area (Å²) in [6, 6.07) is 11.9. The van der Waals surface area contributed by atoms with Crippen LogP contribution in [0.1, 0.15) is 80.7 Å². The van der Waals surface area contributed by atoms with Crippen molar-refractivity contribution in [2.75, 3.05) is 33.3 Å². The standard InChI is InChI=1S/C35H43N5O3/c1-34(2)32(35(3,4)33(34)43-27-14-9-24(21-36)30(20-27)42-5)40-22-29-28(31(40)41)15-11-25(38-29)10-6-23-7-12-26(13-8-23)39-18-16-37-17-19-39/h9,11,14-15,20,23,26,32-33,37H,7-8,12-13,16-19,22H2,1-5H3. The van der Waals surface area contributed by atoms with E-state index in [0.717, 1.165) is 50.4 Å². The molecule has 1 aromatic heterocycles. The Morgan fingerprint density at radius 2 is 1.74 bits per heavy atom. The maximum absolute atomic E-state index is 13.7. The third kappa shape index (κ3) is 5.37. The maximum atomic E-state index is 13.7. The maximum Gasteiger partial charge on any atom is 0.256 e. The third-order valence-electron chi connectivity index (χ3n) is 10.2. The van der Waals surface area contributed by atoms with Crippen LogP contribution < -0.4 is 14.8 Å². The monoisotopic (exact) mass is 581 g/mol. The number of amides is 1. The first-order valence-corrected chi connectivity index (χ1v) is 15.7. The number of rotatable bonds is 5. The zero-order valence-electron chi connectivity index (χ0n) is 26.1. The minimum Gasteiger partial charge on any atom is -0.495 e. The number of carbonyl (C=O) groups is 1. The summed E-state index contributed by atoms with van der Waals surface area (Å²) in [4.78, 5) is 23.1. The molecule has 6 rings (SSSR count). The molecule has 2 aliphatic heterocycles. The van der Waals surface area contributed by atoms with Crippen LogP contribution in [0.15, 0.2) is 30.3 Å². The van der Waals surface area contributed by atoms with Crippen molar-refractivity contribution in [1.29, 1.82) is 5.26 Å². The SMILES string of the molecule is COc1cc(OC2C(C)(C)C(N3Cc4nc(C#CC5CCC(N6CCNCC6)CC5)ccc4C3=O)C2(C)C)ccc1C#N. The summed E-state index contributed by atoms with van der Waals surface area (Å²) < 4.78 is 11.9. The van der Waals surface area contributed by atoms with Gasteiger partial charge in [-0.15, -0.1) is 0 Å². The van der Waals surface area contributed by atoms with Gasteiger partial charge in [0.25, 0.3) is 5.91 Å². The molecule has 1 N–H and O–H groups in total. The van der Waals surface area contributed by atoms with Crippen LogP contribution in [0.5, 0.6) is 11.5 Å². The van der Waals surface area contributed by atoms with E-state index < -0.39 is 0 Å². The molecule has 3 heterocycles. The van der Waals surface area contributed by atoms with Gasteiger partial charge in [0.2, 0.25) is 0 Å². The number of methoxy groups -OCH3 is 1. The Kier molecular flexibility index (Phi) is 7.87. The molecule has 0 radical (unpaired) electrons. The van der Waals surface area contributed by atoms with Crippen molar-refractivity contribution in [3.63, 3.8) is 0 Å². The van der Waals surface area contributed by atoms with E-state index in [1.165, 1.54) is 12.8 Å². The first-order chi connectivity index (χ1) is 20.6. The Balaban J connectivity index is 1.11. The van der Waals surface area contributed by atoms with Gasteiger partial charge >= 0.3 is 0 Å². The molecule has 0 spiro atoms. The number of ether oxygens (including phenoxy) is 2. The number of aromatic nitrogens is 1. The quantitative estimate of drug-likeness (QED) is 0.516. The molecular weight excluding hydrogens is 538 g/mol. The molecule has 8 nitrogen and oxygen atoms in total. The normalized spacial score (nSPS) is 27.7.